The van der Waals surface area contributed by atoms with E-state index in [0.717, 1.165) is 57.3 Å². The lowest BCUT2D eigenvalue weighted by molar-refractivity contribution is -0.135. The molecule has 0 radical (unpaired) electrons. The van der Waals surface area contributed by atoms with Crippen LogP contribution < -0.4 is 0 Å². The lowest BCUT2D eigenvalue weighted by Gasteiger charge is -2.35. The van der Waals surface area contributed by atoms with Gasteiger partial charge in [-0.05, 0) is 62.6 Å². The zero-order chi connectivity index (χ0) is 20.9. The highest BCUT2D eigenvalue weighted by atomic mass is 19.1. The van der Waals surface area contributed by atoms with Gasteiger partial charge in [-0.25, -0.2) is 4.39 Å². The molecule has 1 saturated carbocycles. The van der Waals surface area contributed by atoms with E-state index in [9.17, 15) is 9.18 Å². The van der Waals surface area contributed by atoms with Crippen molar-refractivity contribution in [1.29, 1.82) is 0 Å². The van der Waals surface area contributed by atoms with E-state index in [4.69, 9.17) is 4.74 Å². The first-order chi connectivity index (χ1) is 14.0. The number of benzene rings is 1. The van der Waals surface area contributed by atoms with Crippen molar-refractivity contribution in [2.45, 2.75) is 52.5 Å². The van der Waals surface area contributed by atoms with Gasteiger partial charge in [0.1, 0.15) is 5.82 Å². The van der Waals surface area contributed by atoms with Crippen molar-refractivity contribution in [2.24, 2.45) is 17.3 Å². The van der Waals surface area contributed by atoms with Gasteiger partial charge in [0.15, 0.2) is 0 Å². The Kier molecular flexibility index (Phi) is 7.69. The summed E-state index contributed by atoms with van der Waals surface area (Å²) in [6.45, 7) is 9.12. The molecule has 1 atom stereocenters. The summed E-state index contributed by atoms with van der Waals surface area (Å²) in [6, 6.07) is 7.04. The number of carbonyl (C=O) groups is 1. The van der Waals surface area contributed by atoms with E-state index in [1.54, 1.807) is 13.2 Å². The molecule has 5 heteroatoms. The quantitative estimate of drug-likeness (QED) is 0.582. The van der Waals surface area contributed by atoms with Crippen LogP contribution in [0.15, 0.2) is 24.3 Å². The molecule has 0 aromatic heterocycles. The Morgan fingerprint density at radius 3 is 2.52 bits per heavy atom. The second kappa shape index (κ2) is 10.0. The maximum atomic E-state index is 13.9. The number of hydrogen-bond acceptors (Lipinski definition) is 3. The molecular formula is C24H37FN2O2. The van der Waals surface area contributed by atoms with Gasteiger partial charge in [0.05, 0.1) is 6.61 Å². The molecule has 3 rings (SSSR count). The van der Waals surface area contributed by atoms with Crippen LogP contribution in [0.3, 0.4) is 0 Å². The minimum atomic E-state index is -0.120. The van der Waals surface area contributed by atoms with Crippen molar-refractivity contribution < 1.29 is 13.9 Å². The highest BCUT2D eigenvalue weighted by molar-refractivity contribution is 5.82. The number of amides is 1. The summed E-state index contributed by atoms with van der Waals surface area (Å²) < 4.78 is 19.2. The SMILES string of the molecule is CCC1(CC)CC1C(=O)N(CCOC)CC1CCN(Cc2ccccc2F)CC1. The van der Waals surface area contributed by atoms with Crippen molar-refractivity contribution in [2.75, 3.05) is 39.9 Å². The summed E-state index contributed by atoms with van der Waals surface area (Å²) in [7, 11) is 1.70. The first-order valence-corrected chi connectivity index (χ1v) is 11.3. The highest BCUT2D eigenvalue weighted by Gasteiger charge is 2.56. The summed E-state index contributed by atoms with van der Waals surface area (Å²) in [6.07, 6.45) is 5.34. The normalized spacial score (nSPS) is 21.9. The van der Waals surface area contributed by atoms with E-state index >= 15 is 0 Å². The van der Waals surface area contributed by atoms with Gasteiger partial charge in [-0.1, -0.05) is 32.0 Å². The largest absolute Gasteiger partial charge is 0.383 e. The van der Waals surface area contributed by atoms with Gasteiger partial charge in [-0.2, -0.15) is 0 Å². The zero-order valence-corrected chi connectivity index (χ0v) is 18.3. The Morgan fingerprint density at radius 2 is 1.93 bits per heavy atom. The van der Waals surface area contributed by atoms with Crippen molar-refractivity contribution in [3.05, 3.63) is 35.6 Å². The second-order valence-corrected chi connectivity index (χ2v) is 8.91. The van der Waals surface area contributed by atoms with Gasteiger partial charge >= 0.3 is 0 Å². The van der Waals surface area contributed by atoms with E-state index in [-0.39, 0.29) is 17.2 Å². The lowest BCUT2D eigenvalue weighted by Crippen LogP contribution is -2.43. The molecule has 1 aromatic carbocycles. The molecule has 1 aromatic rings. The van der Waals surface area contributed by atoms with E-state index in [1.807, 2.05) is 12.1 Å². The van der Waals surface area contributed by atoms with Crippen LogP contribution in [0.25, 0.3) is 0 Å². The van der Waals surface area contributed by atoms with E-state index in [1.165, 1.54) is 6.07 Å². The zero-order valence-electron chi connectivity index (χ0n) is 18.3. The van der Waals surface area contributed by atoms with Gasteiger partial charge < -0.3 is 9.64 Å². The number of hydrogen-bond donors (Lipinski definition) is 0. The van der Waals surface area contributed by atoms with Crippen LogP contribution in [0.4, 0.5) is 4.39 Å². The van der Waals surface area contributed by atoms with E-state index in [2.05, 4.69) is 23.6 Å². The fraction of sp³-hybridized carbons (Fsp3) is 0.708. The standard InChI is InChI=1S/C24H37FN2O2/c1-4-24(5-2)16-21(24)23(28)27(14-15-29-3)17-19-10-12-26(13-11-19)18-20-8-6-7-9-22(20)25/h6-9,19,21H,4-5,10-18H2,1-3H3. The number of carbonyl (C=O) groups excluding carboxylic acids is 1. The average Bonchev–Trinajstić information content (AvgIpc) is 3.49. The topological polar surface area (TPSA) is 32.8 Å². The third-order valence-corrected chi connectivity index (χ3v) is 7.31. The minimum Gasteiger partial charge on any atom is -0.383 e. The maximum Gasteiger partial charge on any atom is 0.226 e. The molecule has 29 heavy (non-hydrogen) atoms. The molecule has 162 valence electrons. The summed E-state index contributed by atoms with van der Waals surface area (Å²) in [5, 5.41) is 0. The monoisotopic (exact) mass is 404 g/mol. The minimum absolute atomic E-state index is 0.120. The molecule has 1 saturated heterocycles. The third kappa shape index (κ3) is 5.37. The van der Waals surface area contributed by atoms with Crippen molar-refractivity contribution >= 4 is 5.91 Å². The van der Waals surface area contributed by atoms with Crippen LogP contribution in [-0.2, 0) is 16.1 Å². The predicted molar refractivity (Wildman–Crippen MR) is 114 cm³/mol. The molecule has 0 N–H and O–H groups in total. The molecule has 0 spiro atoms. The Bertz CT molecular complexity index is 669. The average molecular weight is 405 g/mol. The van der Waals surface area contributed by atoms with E-state index in [0.29, 0.717) is 31.5 Å². The first kappa shape index (κ1) is 22.2. The van der Waals surface area contributed by atoms with Crippen LogP contribution in [0.1, 0.15) is 51.5 Å². The fourth-order valence-corrected chi connectivity index (χ4v) is 4.95. The van der Waals surface area contributed by atoms with Crippen LogP contribution in [-0.4, -0.2) is 55.6 Å². The Morgan fingerprint density at radius 1 is 1.24 bits per heavy atom. The van der Waals surface area contributed by atoms with Crippen LogP contribution in [0.2, 0.25) is 0 Å². The lowest BCUT2D eigenvalue weighted by atomic mass is 9.94. The van der Waals surface area contributed by atoms with Gasteiger partial charge in [0, 0.05) is 38.2 Å². The summed E-state index contributed by atoms with van der Waals surface area (Å²) >= 11 is 0. The smallest absolute Gasteiger partial charge is 0.226 e. The molecule has 2 fully saturated rings. The van der Waals surface area contributed by atoms with Crippen LogP contribution >= 0.6 is 0 Å². The number of rotatable bonds is 10. The third-order valence-electron chi connectivity index (χ3n) is 7.31. The Balaban J connectivity index is 1.52. The van der Waals surface area contributed by atoms with Gasteiger partial charge in [-0.15, -0.1) is 0 Å². The summed E-state index contributed by atoms with van der Waals surface area (Å²) in [4.78, 5) is 17.6. The summed E-state index contributed by atoms with van der Waals surface area (Å²) in [5.41, 5.74) is 1.01. The Hall–Kier alpha value is -1.46. The van der Waals surface area contributed by atoms with Crippen LogP contribution in [0.5, 0.6) is 0 Å². The van der Waals surface area contributed by atoms with Gasteiger partial charge in [0.2, 0.25) is 5.91 Å². The first-order valence-electron chi connectivity index (χ1n) is 11.3. The number of methoxy groups -OCH3 is 1. The van der Waals surface area contributed by atoms with Gasteiger partial charge in [0.25, 0.3) is 0 Å². The van der Waals surface area contributed by atoms with Gasteiger partial charge in [-0.3, -0.25) is 9.69 Å². The maximum absolute atomic E-state index is 13.9. The second-order valence-electron chi connectivity index (χ2n) is 8.91. The molecular weight excluding hydrogens is 367 g/mol. The molecule has 1 heterocycles. The predicted octanol–water partition coefficient (Wildman–Crippen LogP) is 4.34. The highest BCUT2D eigenvalue weighted by Crippen LogP contribution is 2.58. The molecule has 1 aliphatic carbocycles. The number of nitrogens with zero attached hydrogens (tertiary/aromatic N) is 2. The van der Waals surface area contributed by atoms with Crippen LogP contribution in [0, 0.1) is 23.1 Å². The number of likely N-dealkylation sites (tertiary alicyclic amines) is 1. The number of halogens is 1. The van der Waals surface area contributed by atoms with E-state index < -0.39 is 0 Å². The molecule has 2 aliphatic rings. The molecule has 4 nitrogen and oxygen atoms in total. The molecule has 1 amide bonds. The summed E-state index contributed by atoms with van der Waals surface area (Å²) in [5.74, 6) is 0.935. The fourth-order valence-electron chi connectivity index (χ4n) is 4.95. The van der Waals surface area contributed by atoms with Crippen molar-refractivity contribution in [3.63, 3.8) is 0 Å². The van der Waals surface area contributed by atoms with Crippen molar-refractivity contribution in [3.8, 4) is 0 Å². The van der Waals surface area contributed by atoms with Crippen molar-refractivity contribution in [1.82, 2.24) is 9.80 Å². The Labute approximate surface area is 175 Å². The molecule has 1 unspecified atom stereocenters. The number of ether oxygens (including phenoxy) is 1. The molecule has 1 aliphatic heterocycles. The molecule has 0 bridgehead atoms. The number of piperidine rings is 1.